The van der Waals surface area contributed by atoms with Crippen LogP contribution in [0.5, 0.6) is 0 Å². The van der Waals surface area contributed by atoms with Crippen molar-refractivity contribution in [3.8, 4) is 0 Å². The van der Waals surface area contributed by atoms with Crippen molar-refractivity contribution in [2.45, 2.75) is 77.7 Å². The summed E-state index contributed by atoms with van der Waals surface area (Å²) in [5.41, 5.74) is 2.95. The van der Waals surface area contributed by atoms with Crippen LogP contribution in [0.1, 0.15) is 74.1 Å². The molecule has 4 heterocycles. The molecule has 1 N–H and O–H groups in total. The molecule has 0 aliphatic carbocycles. The number of carbonyl (C=O) groups excluding carboxylic acids is 1. The van der Waals surface area contributed by atoms with E-state index in [-0.39, 0.29) is 24.0 Å². The second-order valence-electron chi connectivity index (χ2n) is 11.1. The molecular weight excluding hydrogens is 501 g/mol. The minimum Gasteiger partial charge on any atom is -0.399 e. The smallest absolute Gasteiger partial charge is 0.399 e. The molecule has 10 heteroatoms. The third-order valence-electron chi connectivity index (χ3n) is 8.44. The number of hydrogen-bond acceptors (Lipinski definition) is 6. The van der Waals surface area contributed by atoms with Crippen LogP contribution in [-0.2, 0) is 24.1 Å². The normalized spacial score (nSPS) is 21.1. The van der Waals surface area contributed by atoms with E-state index >= 15 is 0 Å². The van der Waals surface area contributed by atoms with E-state index < -0.39 is 6.09 Å². The quantitative estimate of drug-likeness (QED) is 0.315. The van der Waals surface area contributed by atoms with Crippen molar-refractivity contribution in [3.05, 3.63) is 57.1 Å². The Morgan fingerprint density at radius 2 is 2.10 bits per heavy atom. The number of nitrogens with one attached hydrogen (secondary N) is 1. The number of piperidine rings is 1. The Morgan fingerprint density at radius 1 is 1.28 bits per heavy atom. The van der Waals surface area contributed by atoms with E-state index in [9.17, 15) is 14.0 Å². The number of alkyl carbamates (subject to hydrolysis) is 1. The number of aryl methyl sites for hydroxylation is 2. The Labute approximate surface area is 227 Å². The van der Waals surface area contributed by atoms with E-state index in [4.69, 9.17) is 14.2 Å². The second kappa shape index (κ2) is 11.9. The van der Waals surface area contributed by atoms with Crippen molar-refractivity contribution >= 4 is 17.1 Å². The predicted octanol–water partition coefficient (Wildman–Crippen LogP) is 4.59. The number of ether oxygens (including phenoxy) is 1. The molecule has 1 saturated heterocycles. The average molecular weight is 541 g/mol. The van der Waals surface area contributed by atoms with Crippen LogP contribution < -0.4 is 10.9 Å². The fourth-order valence-electron chi connectivity index (χ4n) is 6.01. The first-order valence-corrected chi connectivity index (χ1v) is 14.3. The van der Waals surface area contributed by atoms with Crippen LogP contribution in [0.15, 0.2) is 27.5 Å². The lowest BCUT2D eigenvalue weighted by molar-refractivity contribution is -0.947. The van der Waals surface area contributed by atoms with Crippen LogP contribution in [0.3, 0.4) is 0 Å². The molecule has 1 fully saturated rings. The number of aromatic nitrogens is 3. The Bertz CT molecular complexity index is 1380. The average Bonchev–Trinajstić information content (AvgIpc) is 3.35. The van der Waals surface area contributed by atoms with E-state index in [1.54, 1.807) is 6.07 Å². The van der Waals surface area contributed by atoms with Crippen LogP contribution in [0.25, 0.3) is 11.0 Å². The van der Waals surface area contributed by atoms with Crippen molar-refractivity contribution in [1.82, 2.24) is 20.0 Å². The Kier molecular flexibility index (Phi) is 8.30. The number of hydrogen-bond donors (Lipinski definition) is 1. The summed E-state index contributed by atoms with van der Waals surface area (Å²) in [5, 5.41) is 7.96. The highest BCUT2D eigenvalue weighted by molar-refractivity contribution is 5.79. The number of benzene rings is 1. The van der Waals surface area contributed by atoms with Gasteiger partial charge in [-0.15, -0.1) is 0 Å². The molecule has 0 radical (unpaired) electrons. The third-order valence-corrected chi connectivity index (χ3v) is 8.44. The van der Waals surface area contributed by atoms with Gasteiger partial charge in [-0.25, -0.2) is 14.2 Å². The molecule has 9 nitrogen and oxygen atoms in total. The third kappa shape index (κ3) is 6.00. The SMILES string of the molecule is CCCCNC(=O)OC[N+]1(CCc2c(C)nc3n(c2=O)CCCC3)CCC(c2noc3cc(F)ccc23)CC1. The summed E-state index contributed by atoms with van der Waals surface area (Å²) in [5.74, 6) is 0.713. The molecule has 0 spiro atoms. The molecule has 3 aromatic rings. The molecular formula is C29H39FN5O4+. The van der Waals surface area contributed by atoms with Gasteiger partial charge in [0, 0.05) is 67.4 Å². The summed E-state index contributed by atoms with van der Waals surface area (Å²) in [6.07, 6.45) is 6.63. The fraction of sp³-hybridized carbons (Fsp3) is 0.586. The summed E-state index contributed by atoms with van der Waals surface area (Å²) >= 11 is 0. The van der Waals surface area contributed by atoms with Crippen molar-refractivity contribution in [3.63, 3.8) is 0 Å². The molecule has 1 aromatic carbocycles. The summed E-state index contributed by atoms with van der Waals surface area (Å²) in [6.45, 7) is 7.78. The molecule has 0 saturated carbocycles. The number of amides is 1. The van der Waals surface area contributed by atoms with Gasteiger partial charge in [-0.3, -0.25) is 13.8 Å². The number of halogens is 1. The second-order valence-corrected chi connectivity index (χ2v) is 11.1. The lowest BCUT2D eigenvalue weighted by Gasteiger charge is -2.42. The lowest BCUT2D eigenvalue weighted by atomic mass is 9.90. The number of rotatable bonds is 9. The Balaban J connectivity index is 1.32. The molecule has 0 atom stereocenters. The number of likely N-dealkylation sites (tertiary alicyclic amines) is 1. The topological polar surface area (TPSA) is 99.2 Å². The van der Waals surface area contributed by atoms with E-state index in [0.29, 0.717) is 29.6 Å². The standard InChI is InChI=1S/C29H38FN5O4/c1-3-4-13-31-29(37)38-19-35(17-12-23-20(2)32-26-7-5-6-14-34(26)28(23)36)15-10-21(11-16-35)27-24-9-8-22(30)18-25(24)39-33-27/h8-9,18,21H,3-7,10-17,19H2,1-2H3/p+1. The highest BCUT2D eigenvalue weighted by Crippen LogP contribution is 2.35. The van der Waals surface area contributed by atoms with Crippen LogP contribution in [0, 0.1) is 12.7 Å². The van der Waals surface area contributed by atoms with Crippen molar-refractivity contribution in [1.29, 1.82) is 0 Å². The van der Waals surface area contributed by atoms with Gasteiger partial charge >= 0.3 is 6.09 Å². The predicted molar refractivity (Wildman–Crippen MR) is 145 cm³/mol. The number of unbranched alkanes of at least 4 members (excludes halogenated alkanes) is 1. The molecule has 2 aliphatic rings. The fourth-order valence-corrected chi connectivity index (χ4v) is 6.01. The van der Waals surface area contributed by atoms with E-state index in [1.807, 2.05) is 11.5 Å². The maximum atomic E-state index is 13.6. The van der Waals surface area contributed by atoms with Crippen LogP contribution in [0.2, 0.25) is 0 Å². The summed E-state index contributed by atoms with van der Waals surface area (Å²) in [4.78, 5) is 30.5. The molecule has 2 aromatic heterocycles. The minimum atomic E-state index is -0.403. The van der Waals surface area contributed by atoms with E-state index in [0.717, 1.165) is 92.7 Å². The van der Waals surface area contributed by atoms with Gasteiger partial charge in [0.05, 0.1) is 25.3 Å². The van der Waals surface area contributed by atoms with Gasteiger partial charge < -0.3 is 14.6 Å². The van der Waals surface area contributed by atoms with Gasteiger partial charge in [0.15, 0.2) is 5.58 Å². The zero-order valence-corrected chi connectivity index (χ0v) is 23.0. The van der Waals surface area contributed by atoms with Crippen LogP contribution in [0.4, 0.5) is 9.18 Å². The molecule has 0 bridgehead atoms. The van der Waals surface area contributed by atoms with Gasteiger partial charge in [-0.2, -0.15) is 0 Å². The number of quaternary nitrogens is 1. The first-order valence-electron chi connectivity index (χ1n) is 14.3. The zero-order valence-electron chi connectivity index (χ0n) is 23.0. The highest BCUT2D eigenvalue weighted by Gasteiger charge is 2.37. The first-order chi connectivity index (χ1) is 18.9. The zero-order chi connectivity index (χ0) is 27.4. The van der Waals surface area contributed by atoms with Crippen molar-refractivity contribution < 1.29 is 22.9 Å². The van der Waals surface area contributed by atoms with Crippen molar-refractivity contribution in [2.75, 3.05) is 32.9 Å². The van der Waals surface area contributed by atoms with Crippen molar-refractivity contribution in [2.24, 2.45) is 0 Å². The van der Waals surface area contributed by atoms with E-state index in [2.05, 4.69) is 17.4 Å². The maximum Gasteiger partial charge on any atom is 0.411 e. The number of fused-ring (bicyclic) bond motifs is 2. The molecule has 1 amide bonds. The van der Waals surface area contributed by atoms with Gasteiger partial charge in [-0.1, -0.05) is 18.5 Å². The van der Waals surface area contributed by atoms with Crippen LogP contribution in [-0.4, -0.2) is 58.2 Å². The van der Waals surface area contributed by atoms with Gasteiger partial charge in [0.25, 0.3) is 5.56 Å². The number of carbonyl (C=O) groups is 1. The lowest BCUT2D eigenvalue weighted by Crippen LogP contribution is -2.56. The molecule has 5 rings (SSSR count). The largest absolute Gasteiger partial charge is 0.411 e. The summed E-state index contributed by atoms with van der Waals surface area (Å²) in [7, 11) is 0. The molecule has 0 unspecified atom stereocenters. The Hall–Kier alpha value is -3.27. The van der Waals surface area contributed by atoms with Gasteiger partial charge in [0.1, 0.15) is 11.6 Å². The minimum absolute atomic E-state index is 0.0739. The van der Waals surface area contributed by atoms with E-state index in [1.165, 1.54) is 12.1 Å². The van der Waals surface area contributed by atoms with Gasteiger partial charge in [0.2, 0.25) is 6.73 Å². The summed E-state index contributed by atoms with van der Waals surface area (Å²) in [6, 6.07) is 4.54. The molecule has 39 heavy (non-hydrogen) atoms. The maximum absolute atomic E-state index is 13.6. The number of nitrogens with zero attached hydrogens (tertiary/aromatic N) is 4. The Morgan fingerprint density at radius 3 is 2.90 bits per heavy atom. The van der Waals surface area contributed by atoms with Gasteiger partial charge in [-0.05, 0) is 38.3 Å². The first kappa shape index (κ1) is 27.3. The monoisotopic (exact) mass is 540 g/mol. The summed E-state index contributed by atoms with van der Waals surface area (Å²) < 4.78 is 27.2. The highest BCUT2D eigenvalue weighted by atomic mass is 19.1. The van der Waals surface area contributed by atoms with Crippen LogP contribution >= 0.6 is 0 Å². The molecule has 210 valence electrons. The molecule has 2 aliphatic heterocycles.